The Hall–Kier alpha value is -1.84. The standard InChI is InChI=1S/C18H21NO2/c1-21-18-13-19(12-17(18)20)16-9-5-8-15(11-16)10-14-6-3-2-4-7-14/h2-9,11,17-18,20H,10,12-13H2,1H3/t17-,18+/m1/s1. The average molecular weight is 283 g/mol. The highest BCUT2D eigenvalue weighted by Gasteiger charge is 2.31. The van der Waals surface area contributed by atoms with E-state index in [1.807, 2.05) is 6.07 Å². The normalized spacial score (nSPS) is 21.7. The number of nitrogens with zero attached hydrogens (tertiary/aromatic N) is 1. The summed E-state index contributed by atoms with van der Waals surface area (Å²) in [5.41, 5.74) is 3.75. The van der Waals surface area contributed by atoms with Crippen LogP contribution in [0.4, 0.5) is 5.69 Å². The number of β-amino-alcohol motifs (C(OH)–C–C–N with tert-alkyl or cyclic N) is 1. The van der Waals surface area contributed by atoms with Crippen molar-refractivity contribution in [1.82, 2.24) is 0 Å². The van der Waals surface area contributed by atoms with Crippen molar-refractivity contribution in [2.75, 3.05) is 25.1 Å². The van der Waals surface area contributed by atoms with E-state index in [2.05, 4.69) is 53.4 Å². The molecular formula is C18H21NO2. The molecule has 2 aromatic carbocycles. The number of benzene rings is 2. The molecule has 1 fully saturated rings. The molecular weight excluding hydrogens is 262 g/mol. The molecule has 0 amide bonds. The molecule has 110 valence electrons. The summed E-state index contributed by atoms with van der Waals surface area (Å²) in [4.78, 5) is 2.19. The van der Waals surface area contributed by atoms with Gasteiger partial charge in [-0.2, -0.15) is 0 Å². The van der Waals surface area contributed by atoms with Crippen LogP contribution in [0.25, 0.3) is 0 Å². The predicted octanol–water partition coefficient (Wildman–Crippen LogP) is 2.47. The number of hydrogen-bond donors (Lipinski definition) is 1. The van der Waals surface area contributed by atoms with Gasteiger partial charge in [0.05, 0.1) is 6.10 Å². The Balaban J connectivity index is 1.75. The molecule has 0 spiro atoms. The van der Waals surface area contributed by atoms with Crippen LogP contribution >= 0.6 is 0 Å². The third kappa shape index (κ3) is 3.26. The van der Waals surface area contributed by atoms with Gasteiger partial charge in [0.25, 0.3) is 0 Å². The molecule has 1 aliphatic rings. The highest BCUT2D eigenvalue weighted by Crippen LogP contribution is 2.24. The first-order valence-electron chi connectivity index (χ1n) is 7.35. The first-order chi connectivity index (χ1) is 10.3. The summed E-state index contributed by atoms with van der Waals surface area (Å²) >= 11 is 0. The fourth-order valence-electron chi connectivity index (χ4n) is 2.89. The van der Waals surface area contributed by atoms with Gasteiger partial charge in [-0.1, -0.05) is 42.5 Å². The molecule has 0 bridgehead atoms. The van der Waals surface area contributed by atoms with Gasteiger partial charge in [-0.05, 0) is 29.7 Å². The number of aliphatic hydroxyl groups is 1. The smallest absolute Gasteiger partial charge is 0.102 e. The van der Waals surface area contributed by atoms with Crippen LogP contribution in [0.3, 0.4) is 0 Å². The number of ether oxygens (including phenoxy) is 1. The van der Waals surface area contributed by atoms with E-state index in [1.165, 1.54) is 11.1 Å². The Morgan fingerprint density at radius 2 is 1.81 bits per heavy atom. The van der Waals surface area contributed by atoms with Crippen LogP contribution in [0.1, 0.15) is 11.1 Å². The molecule has 1 aliphatic heterocycles. The van der Waals surface area contributed by atoms with E-state index in [0.29, 0.717) is 6.54 Å². The molecule has 0 unspecified atom stereocenters. The molecule has 1 saturated heterocycles. The first-order valence-corrected chi connectivity index (χ1v) is 7.35. The minimum Gasteiger partial charge on any atom is -0.388 e. The second kappa shape index (κ2) is 6.29. The van der Waals surface area contributed by atoms with Crippen molar-refractivity contribution < 1.29 is 9.84 Å². The van der Waals surface area contributed by atoms with E-state index < -0.39 is 6.10 Å². The van der Waals surface area contributed by atoms with Gasteiger partial charge in [0, 0.05) is 25.9 Å². The summed E-state index contributed by atoms with van der Waals surface area (Å²) in [5.74, 6) is 0. The maximum atomic E-state index is 9.96. The molecule has 0 saturated carbocycles. The largest absolute Gasteiger partial charge is 0.388 e. The Bertz CT molecular complexity index is 585. The number of methoxy groups -OCH3 is 1. The minimum absolute atomic E-state index is 0.0946. The molecule has 0 radical (unpaired) electrons. The third-order valence-corrected chi connectivity index (χ3v) is 4.07. The maximum absolute atomic E-state index is 9.96. The molecule has 1 N–H and O–H groups in total. The van der Waals surface area contributed by atoms with Crippen molar-refractivity contribution in [2.24, 2.45) is 0 Å². The summed E-state index contributed by atoms with van der Waals surface area (Å²) in [6.07, 6.45) is 0.425. The summed E-state index contributed by atoms with van der Waals surface area (Å²) in [7, 11) is 1.66. The van der Waals surface area contributed by atoms with E-state index in [1.54, 1.807) is 7.11 Å². The lowest BCUT2D eigenvalue weighted by Gasteiger charge is -2.19. The lowest BCUT2D eigenvalue weighted by Crippen LogP contribution is -2.25. The topological polar surface area (TPSA) is 32.7 Å². The summed E-state index contributed by atoms with van der Waals surface area (Å²) in [6, 6.07) is 19.0. The van der Waals surface area contributed by atoms with Crippen LogP contribution in [0.2, 0.25) is 0 Å². The minimum atomic E-state index is -0.409. The van der Waals surface area contributed by atoms with Gasteiger partial charge < -0.3 is 14.7 Å². The fourth-order valence-corrected chi connectivity index (χ4v) is 2.89. The predicted molar refractivity (Wildman–Crippen MR) is 84.7 cm³/mol. The van der Waals surface area contributed by atoms with Crippen molar-refractivity contribution in [3.63, 3.8) is 0 Å². The van der Waals surface area contributed by atoms with Gasteiger partial charge in [-0.3, -0.25) is 0 Å². The highest BCUT2D eigenvalue weighted by molar-refractivity contribution is 5.50. The molecule has 21 heavy (non-hydrogen) atoms. The number of aliphatic hydroxyl groups excluding tert-OH is 1. The molecule has 0 aromatic heterocycles. The van der Waals surface area contributed by atoms with Gasteiger partial charge >= 0.3 is 0 Å². The zero-order valence-electron chi connectivity index (χ0n) is 12.3. The number of anilines is 1. The zero-order chi connectivity index (χ0) is 14.7. The van der Waals surface area contributed by atoms with E-state index in [9.17, 15) is 5.11 Å². The monoisotopic (exact) mass is 283 g/mol. The molecule has 2 aromatic rings. The van der Waals surface area contributed by atoms with Crippen molar-refractivity contribution >= 4 is 5.69 Å². The second-order valence-corrected chi connectivity index (χ2v) is 5.58. The summed E-state index contributed by atoms with van der Waals surface area (Å²) < 4.78 is 5.31. The van der Waals surface area contributed by atoms with Crippen LogP contribution in [-0.2, 0) is 11.2 Å². The maximum Gasteiger partial charge on any atom is 0.102 e. The summed E-state index contributed by atoms with van der Waals surface area (Å²) in [5, 5.41) is 9.96. The SMILES string of the molecule is CO[C@H]1CN(c2cccc(Cc3ccccc3)c2)C[C@H]1O. The van der Waals surface area contributed by atoms with Crippen molar-refractivity contribution in [3.8, 4) is 0 Å². The van der Waals surface area contributed by atoms with Crippen LogP contribution in [0.15, 0.2) is 54.6 Å². The third-order valence-electron chi connectivity index (χ3n) is 4.07. The lowest BCUT2D eigenvalue weighted by molar-refractivity contribution is 0.0217. The average Bonchev–Trinajstić information content (AvgIpc) is 2.90. The first kappa shape index (κ1) is 14.1. The van der Waals surface area contributed by atoms with E-state index in [-0.39, 0.29) is 6.10 Å². The van der Waals surface area contributed by atoms with Gasteiger partial charge in [0.1, 0.15) is 6.10 Å². The fraction of sp³-hybridized carbons (Fsp3) is 0.333. The second-order valence-electron chi connectivity index (χ2n) is 5.58. The highest BCUT2D eigenvalue weighted by atomic mass is 16.5. The Kier molecular flexibility index (Phi) is 4.23. The summed E-state index contributed by atoms with van der Waals surface area (Å²) in [6.45, 7) is 1.37. The van der Waals surface area contributed by atoms with Gasteiger partial charge in [-0.25, -0.2) is 0 Å². The van der Waals surface area contributed by atoms with Gasteiger partial charge in [0.2, 0.25) is 0 Å². The van der Waals surface area contributed by atoms with Crippen LogP contribution < -0.4 is 4.90 Å². The van der Waals surface area contributed by atoms with Crippen molar-refractivity contribution in [2.45, 2.75) is 18.6 Å². The molecule has 0 aliphatic carbocycles. The lowest BCUT2D eigenvalue weighted by atomic mass is 10.0. The molecule has 1 heterocycles. The van der Waals surface area contributed by atoms with E-state index >= 15 is 0 Å². The quantitative estimate of drug-likeness (QED) is 0.935. The molecule has 3 nitrogen and oxygen atoms in total. The van der Waals surface area contributed by atoms with Crippen LogP contribution in [-0.4, -0.2) is 37.5 Å². The van der Waals surface area contributed by atoms with Crippen molar-refractivity contribution in [1.29, 1.82) is 0 Å². The molecule has 3 rings (SSSR count). The Labute approximate surface area is 125 Å². The van der Waals surface area contributed by atoms with Crippen LogP contribution in [0, 0.1) is 0 Å². The number of rotatable bonds is 4. The van der Waals surface area contributed by atoms with E-state index in [4.69, 9.17) is 4.74 Å². The van der Waals surface area contributed by atoms with Crippen LogP contribution in [0.5, 0.6) is 0 Å². The molecule has 3 heteroatoms. The van der Waals surface area contributed by atoms with Crippen molar-refractivity contribution in [3.05, 3.63) is 65.7 Å². The van der Waals surface area contributed by atoms with Gasteiger partial charge in [0.15, 0.2) is 0 Å². The molecule has 2 atom stereocenters. The number of hydrogen-bond acceptors (Lipinski definition) is 3. The Morgan fingerprint density at radius 1 is 1.05 bits per heavy atom. The van der Waals surface area contributed by atoms with E-state index in [0.717, 1.165) is 18.7 Å². The Morgan fingerprint density at radius 3 is 2.52 bits per heavy atom. The zero-order valence-corrected chi connectivity index (χ0v) is 12.3. The van der Waals surface area contributed by atoms with Gasteiger partial charge in [-0.15, -0.1) is 0 Å².